The third-order valence-corrected chi connectivity index (χ3v) is 2.88. The maximum atomic E-state index is 5.63. The number of aromatic nitrogens is 3. The summed E-state index contributed by atoms with van der Waals surface area (Å²) in [7, 11) is 0. The second-order valence-electron chi connectivity index (χ2n) is 3.75. The zero-order chi connectivity index (χ0) is 13.7. The summed E-state index contributed by atoms with van der Waals surface area (Å²) in [6, 6.07) is 7.88. The number of para-hydroxylation sites is 1. The molecule has 0 bridgehead atoms. The molecule has 0 fully saturated rings. The summed E-state index contributed by atoms with van der Waals surface area (Å²) >= 11 is 3.44. The minimum atomic E-state index is 0.121. The molecule has 0 radical (unpaired) electrons. The molecule has 1 heterocycles. The number of rotatable bonds is 5. The third-order valence-electron chi connectivity index (χ3n) is 2.19. The van der Waals surface area contributed by atoms with Crippen LogP contribution in [0.2, 0.25) is 0 Å². The molecule has 1 aromatic carbocycles. The Kier molecular flexibility index (Phi) is 4.51. The van der Waals surface area contributed by atoms with Crippen molar-refractivity contribution in [3.8, 4) is 6.01 Å². The molecule has 0 aliphatic rings. The van der Waals surface area contributed by atoms with Crippen molar-refractivity contribution in [2.24, 2.45) is 0 Å². The predicted molar refractivity (Wildman–Crippen MR) is 77.5 cm³/mol. The maximum Gasteiger partial charge on any atom is 0.323 e. The summed E-state index contributed by atoms with van der Waals surface area (Å²) in [6.45, 7) is 2.54. The Bertz CT molecular complexity index is 564. The monoisotopic (exact) mass is 323 g/mol. The van der Waals surface area contributed by atoms with Gasteiger partial charge in [-0.15, -0.1) is 0 Å². The van der Waals surface area contributed by atoms with E-state index in [9.17, 15) is 0 Å². The molecule has 0 saturated heterocycles. The van der Waals surface area contributed by atoms with Crippen molar-refractivity contribution < 1.29 is 4.74 Å². The van der Waals surface area contributed by atoms with Crippen molar-refractivity contribution in [3.63, 3.8) is 0 Å². The lowest BCUT2D eigenvalue weighted by atomic mass is 10.3. The van der Waals surface area contributed by atoms with E-state index in [0.29, 0.717) is 12.6 Å². The van der Waals surface area contributed by atoms with E-state index >= 15 is 0 Å². The van der Waals surface area contributed by atoms with E-state index in [1.165, 1.54) is 0 Å². The van der Waals surface area contributed by atoms with Crippen LogP contribution in [0.3, 0.4) is 0 Å². The maximum absolute atomic E-state index is 5.63. The number of hydrogen-bond donors (Lipinski definition) is 2. The van der Waals surface area contributed by atoms with Crippen molar-refractivity contribution in [3.05, 3.63) is 28.7 Å². The van der Waals surface area contributed by atoms with Crippen LogP contribution < -0.4 is 15.8 Å². The van der Waals surface area contributed by atoms with Crippen molar-refractivity contribution in [2.75, 3.05) is 17.7 Å². The highest BCUT2D eigenvalue weighted by Crippen LogP contribution is 2.24. The summed E-state index contributed by atoms with van der Waals surface area (Å²) < 4.78 is 6.26. The lowest BCUT2D eigenvalue weighted by molar-refractivity contribution is 0.292. The Morgan fingerprint density at radius 3 is 2.79 bits per heavy atom. The summed E-state index contributed by atoms with van der Waals surface area (Å²) in [6.07, 6.45) is 0.874. The van der Waals surface area contributed by atoms with Gasteiger partial charge in [-0.05, 0) is 34.5 Å². The highest BCUT2D eigenvalue weighted by molar-refractivity contribution is 9.10. The lowest BCUT2D eigenvalue weighted by Gasteiger charge is -2.08. The van der Waals surface area contributed by atoms with E-state index in [0.717, 1.165) is 16.6 Å². The molecule has 0 aliphatic heterocycles. The summed E-state index contributed by atoms with van der Waals surface area (Å²) in [4.78, 5) is 12.1. The van der Waals surface area contributed by atoms with Crippen LogP contribution in [0.1, 0.15) is 13.3 Å². The number of benzene rings is 1. The average molecular weight is 324 g/mol. The van der Waals surface area contributed by atoms with Crippen molar-refractivity contribution >= 4 is 33.5 Å². The van der Waals surface area contributed by atoms with Crippen molar-refractivity contribution in [1.29, 1.82) is 0 Å². The number of nitrogens with two attached hydrogens (primary N) is 1. The minimum Gasteiger partial charge on any atom is -0.463 e. The number of halogens is 1. The fraction of sp³-hybridized carbons (Fsp3) is 0.250. The standard InChI is InChI=1S/C12H14BrN5O/c1-2-7-19-12-17-10(14)16-11(18-12)15-9-6-4-3-5-8(9)13/h3-6H,2,7H2,1H3,(H3,14,15,16,17,18). The van der Waals surface area contributed by atoms with Crippen LogP contribution in [0.15, 0.2) is 28.7 Å². The van der Waals surface area contributed by atoms with Crippen LogP contribution in [0, 0.1) is 0 Å². The smallest absolute Gasteiger partial charge is 0.323 e. The van der Waals surface area contributed by atoms with Gasteiger partial charge < -0.3 is 15.8 Å². The van der Waals surface area contributed by atoms with Crippen LogP contribution in [0.4, 0.5) is 17.6 Å². The van der Waals surface area contributed by atoms with Crippen LogP contribution in [0.25, 0.3) is 0 Å². The largest absolute Gasteiger partial charge is 0.463 e. The van der Waals surface area contributed by atoms with E-state index in [1.807, 2.05) is 31.2 Å². The van der Waals surface area contributed by atoms with E-state index in [-0.39, 0.29) is 12.0 Å². The topological polar surface area (TPSA) is 86.0 Å². The molecule has 0 saturated carbocycles. The van der Waals surface area contributed by atoms with Gasteiger partial charge in [-0.3, -0.25) is 0 Å². The Labute approximate surface area is 119 Å². The first-order valence-corrected chi connectivity index (χ1v) is 6.64. The van der Waals surface area contributed by atoms with E-state index < -0.39 is 0 Å². The average Bonchev–Trinajstić information content (AvgIpc) is 2.38. The van der Waals surface area contributed by atoms with Gasteiger partial charge in [-0.25, -0.2) is 0 Å². The number of nitrogens with one attached hydrogen (secondary N) is 1. The molecule has 0 unspecified atom stereocenters. The van der Waals surface area contributed by atoms with Crippen molar-refractivity contribution in [1.82, 2.24) is 15.0 Å². The number of nitrogens with zero attached hydrogens (tertiary/aromatic N) is 3. The molecular weight excluding hydrogens is 310 g/mol. The van der Waals surface area contributed by atoms with E-state index in [1.54, 1.807) is 0 Å². The molecule has 2 aromatic rings. The van der Waals surface area contributed by atoms with E-state index in [2.05, 4.69) is 36.2 Å². The van der Waals surface area contributed by atoms with Gasteiger partial charge in [0, 0.05) is 4.47 Å². The molecule has 0 spiro atoms. The van der Waals surface area contributed by atoms with Crippen LogP contribution in [0.5, 0.6) is 6.01 Å². The fourth-order valence-corrected chi connectivity index (χ4v) is 1.75. The van der Waals surface area contributed by atoms with Crippen LogP contribution >= 0.6 is 15.9 Å². The van der Waals surface area contributed by atoms with Gasteiger partial charge in [0.15, 0.2) is 0 Å². The zero-order valence-electron chi connectivity index (χ0n) is 10.4. The second-order valence-corrected chi connectivity index (χ2v) is 4.61. The Hall–Kier alpha value is -1.89. The molecular formula is C12H14BrN5O. The number of ether oxygens (including phenoxy) is 1. The third kappa shape index (κ3) is 3.78. The quantitative estimate of drug-likeness (QED) is 0.879. The molecule has 100 valence electrons. The van der Waals surface area contributed by atoms with Crippen LogP contribution in [-0.4, -0.2) is 21.6 Å². The lowest BCUT2D eigenvalue weighted by Crippen LogP contribution is -2.07. The highest BCUT2D eigenvalue weighted by atomic mass is 79.9. The molecule has 0 amide bonds. The van der Waals surface area contributed by atoms with Gasteiger partial charge in [-0.2, -0.15) is 15.0 Å². The van der Waals surface area contributed by atoms with Crippen LogP contribution in [-0.2, 0) is 0 Å². The normalized spacial score (nSPS) is 10.2. The second kappa shape index (κ2) is 6.33. The Balaban J connectivity index is 2.20. The van der Waals surface area contributed by atoms with Gasteiger partial charge in [0.05, 0.1) is 12.3 Å². The van der Waals surface area contributed by atoms with Gasteiger partial charge in [0.1, 0.15) is 0 Å². The Morgan fingerprint density at radius 2 is 2.05 bits per heavy atom. The SMILES string of the molecule is CCCOc1nc(N)nc(Nc2ccccc2Br)n1. The van der Waals surface area contributed by atoms with Gasteiger partial charge in [-0.1, -0.05) is 19.1 Å². The predicted octanol–water partition coefficient (Wildman–Crippen LogP) is 2.75. The molecule has 3 N–H and O–H groups in total. The van der Waals surface area contributed by atoms with Crippen molar-refractivity contribution in [2.45, 2.75) is 13.3 Å². The number of nitrogen functional groups attached to an aromatic ring is 1. The molecule has 19 heavy (non-hydrogen) atoms. The number of anilines is 3. The summed E-state index contributed by atoms with van der Waals surface area (Å²) in [5, 5.41) is 3.06. The number of hydrogen-bond acceptors (Lipinski definition) is 6. The van der Waals surface area contributed by atoms with Gasteiger partial charge in [0.25, 0.3) is 0 Å². The zero-order valence-corrected chi connectivity index (χ0v) is 12.0. The van der Waals surface area contributed by atoms with Gasteiger partial charge in [0.2, 0.25) is 11.9 Å². The molecule has 0 aliphatic carbocycles. The van der Waals surface area contributed by atoms with E-state index in [4.69, 9.17) is 10.5 Å². The molecule has 0 atom stereocenters. The molecule has 7 heteroatoms. The summed E-state index contributed by atoms with van der Waals surface area (Å²) in [5.41, 5.74) is 6.47. The Morgan fingerprint density at radius 1 is 1.26 bits per heavy atom. The summed E-state index contributed by atoms with van der Waals surface area (Å²) in [5.74, 6) is 0.473. The highest BCUT2D eigenvalue weighted by Gasteiger charge is 2.07. The van der Waals surface area contributed by atoms with Gasteiger partial charge >= 0.3 is 6.01 Å². The minimum absolute atomic E-state index is 0.121. The molecule has 1 aromatic heterocycles. The first kappa shape index (κ1) is 13.5. The molecule has 6 nitrogen and oxygen atoms in total. The fourth-order valence-electron chi connectivity index (χ4n) is 1.37. The first-order chi connectivity index (χ1) is 9.19. The molecule has 2 rings (SSSR count). The first-order valence-electron chi connectivity index (χ1n) is 5.85.